The number of allylic oxidation sites excluding steroid dienone is 4. The van der Waals surface area contributed by atoms with Gasteiger partial charge in [0.25, 0.3) is 0 Å². The van der Waals surface area contributed by atoms with Crippen molar-refractivity contribution in [3.05, 3.63) is 149 Å². The minimum absolute atomic E-state index is 0.334. The van der Waals surface area contributed by atoms with E-state index in [1.165, 1.54) is 65.9 Å². The SMILES string of the molecule is Brc1ccc(C2(c3cccc4c3[nH]c3ccccc34)C=CC=C(c3cccc4c3[nH]c3ccccc34)C2)cc1. The van der Waals surface area contributed by atoms with Crippen LogP contribution in [-0.2, 0) is 5.41 Å². The van der Waals surface area contributed by atoms with Gasteiger partial charge in [0.05, 0.1) is 11.0 Å². The highest BCUT2D eigenvalue weighted by Gasteiger charge is 2.37. The zero-order valence-electron chi connectivity index (χ0n) is 21.2. The number of fused-ring (bicyclic) bond motifs is 6. The molecule has 1 atom stereocenters. The van der Waals surface area contributed by atoms with Crippen LogP contribution in [0, 0.1) is 0 Å². The molecular formula is C36H25BrN2. The molecule has 0 bridgehead atoms. The molecule has 0 saturated heterocycles. The third-order valence-corrected chi connectivity index (χ3v) is 8.94. The van der Waals surface area contributed by atoms with Gasteiger partial charge in [0.15, 0.2) is 0 Å². The Kier molecular flexibility index (Phi) is 4.98. The maximum atomic E-state index is 3.78. The predicted molar refractivity (Wildman–Crippen MR) is 168 cm³/mol. The van der Waals surface area contributed by atoms with Crippen LogP contribution in [0.2, 0.25) is 0 Å². The van der Waals surface area contributed by atoms with Crippen LogP contribution in [0.3, 0.4) is 0 Å². The molecule has 8 rings (SSSR count). The van der Waals surface area contributed by atoms with Crippen LogP contribution < -0.4 is 0 Å². The summed E-state index contributed by atoms with van der Waals surface area (Å²) in [6.07, 6.45) is 7.80. The second-order valence-electron chi connectivity index (χ2n) is 10.5. The number of aromatic nitrogens is 2. The lowest BCUT2D eigenvalue weighted by Crippen LogP contribution is -2.27. The molecule has 5 aromatic carbocycles. The fraction of sp³-hybridized carbons (Fsp3) is 0.0556. The second-order valence-corrected chi connectivity index (χ2v) is 11.4. The minimum Gasteiger partial charge on any atom is -0.354 e. The minimum atomic E-state index is -0.334. The quantitative estimate of drug-likeness (QED) is 0.214. The number of rotatable bonds is 3. The van der Waals surface area contributed by atoms with Crippen LogP contribution in [0.15, 0.2) is 132 Å². The van der Waals surface area contributed by atoms with Crippen molar-refractivity contribution in [2.45, 2.75) is 11.8 Å². The Bertz CT molecular complexity index is 2110. The van der Waals surface area contributed by atoms with Gasteiger partial charge in [-0.05, 0) is 47.4 Å². The molecule has 39 heavy (non-hydrogen) atoms. The van der Waals surface area contributed by atoms with Crippen LogP contribution >= 0.6 is 15.9 Å². The number of H-pyrrole nitrogens is 2. The van der Waals surface area contributed by atoms with Crippen LogP contribution in [0.5, 0.6) is 0 Å². The van der Waals surface area contributed by atoms with Gasteiger partial charge in [-0.3, -0.25) is 0 Å². The smallest absolute Gasteiger partial charge is 0.0541 e. The lowest BCUT2D eigenvalue weighted by atomic mass is 9.67. The molecular weight excluding hydrogens is 540 g/mol. The van der Waals surface area contributed by atoms with Gasteiger partial charge in [-0.25, -0.2) is 0 Å². The zero-order valence-corrected chi connectivity index (χ0v) is 22.8. The lowest BCUT2D eigenvalue weighted by Gasteiger charge is -2.36. The largest absolute Gasteiger partial charge is 0.354 e. The molecule has 0 spiro atoms. The predicted octanol–water partition coefficient (Wildman–Crippen LogP) is 10.0. The fourth-order valence-electron chi connectivity index (χ4n) is 6.60. The van der Waals surface area contributed by atoms with Crippen molar-refractivity contribution in [3.63, 3.8) is 0 Å². The van der Waals surface area contributed by atoms with E-state index in [1.54, 1.807) is 0 Å². The first-order chi connectivity index (χ1) is 19.2. The number of nitrogens with one attached hydrogen (secondary N) is 2. The second kappa shape index (κ2) is 8.59. The highest BCUT2D eigenvalue weighted by Crippen LogP contribution is 2.48. The number of para-hydroxylation sites is 4. The molecule has 0 saturated carbocycles. The first-order valence-corrected chi connectivity index (χ1v) is 14.1. The Hall–Kier alpha value is -4.34. The summed E-state index contributed by atoms with van der Waals surface area (Å²) in [5, 5.41) is 5.06. The van der Waals surface area contributed by atoms with Gasteiger partial charge in [0.1, 0.15) is 0 Å². The molecule has 2 nitrogen and oxygen atoms in total. The standard InChI is InChI=1S/C36H25BrN2/c37-25-19-17-24(18-20-25)36(31-14-6-13-30-28-10-2-4-16-33(28)39-35(30)31)21-7-8-23(22-36)26-11-5-12-29-27-9-1-3-15-32(27)38-34(26)29/h1-21,38-39H,22H2. The molecule has 0 amide bonds. The van der Waals surface area contributed by atoms with Gasteiger partial charge < -0.3 is 9.97 Å². The molecule has 3 heteroatoms. The van der Waals surface area contributed by atoms with Crippen molar-refractivity contribution in [1.82, 2.24) is 9.97 Å². The Morgan fingerprint density at radius 2 is 1.21 bits per heavy atom. The molecule has 0 aliphatic heterocycles. The zero-order chi connectivity index (χ0) is 26.0. The summed E-state index contributed by atoms with van der Waals surface area (Å²) in [5.74, 6) is 0. The molecule has 7 aromatic rings. The van der Waals surface area contributed by atoms with Crippen molar-refractivity contribution in [2.75, 3.05) is 0 Å². The molecule has 0 fully saturated rings. The summed E-state index contributed by atoms with van der Waals surface area (Å²) in [6, 6.07) is 39.5. The van der Waals surface area contributed by atoms with Gasteiger partial charge in [-0.15, -0.1) is 0 Å². The molecule has 2 N–H and O–H groups in total. The molecule has 1 unspecified atom stereocenters. The van der Waals surface area contributed by atoms with Crippen molar-refractivity contribution in [1.29, 1.82) is 0 Å². The summed E-state index contributed by atoms with van der Waals surface area (Å²) < 4.78 is 1.09. The summed E-state index contributed by atoms with van der Waals surface area (Å²) >= 11 is 3.66. The first-order valence-electron chi connectivity index (χ1n) is 13.4. The number of benzene rings is 5. The fourth-order valence-corrected chi connectivity index (χ4v) is 6.87. The normalized spacial score (nSPS) is 17.4. The van der Waals surface area contributed by atoms with Crippen LogP contribution in [0.1, 0.15) is 23.1 Å². The average molecular weight is 566 g/mol. The van der Waals surface area contributed by atoms with Gasteiger partial charge >= 0.3 is 0 Å². The van der Waals surface area contributed by atoms with Crippen LogP contribution in [0.25, 0.3) is 49.2 Å². The van der Waals surface area contributed by atoms with E-state index < -0.39 is 0 Å². The molecule has 2 aromatic heterocycles. The maximum Gasteiger partial charge on any atom is 0.0541 e. The van der Waals surface area contributed by atoms with Gasteiger partial charge in [-0.2, -0.15) is 0 Å². The van der Waals surface area contributed by atoms with Crippen molar-refractivity contribution >= 4 is 65.1 Å². The third kappa shape index (κ3) is 3.40. The van der Waals surface area contributed by atoms with Crippen molar-refractivity contribution in [3.8, 4) is 0 Å². The summed E-state index contributed by atoms with van der Waals surface area (Å²) in [4.78, 5) is 7.51. The Labute approximate surface area is 234 Å². The van der Waals surface area contributed by atoms with E-state index in [-0.39, 0.29) is 5.41 Å². The highest BCUT2D eigenvalue weighted by molar-refractivity contribution is 9.10. The summed E-state index contributed by atoms with van der Waals surface area (Å²) in [7, 11) is 0. The van der Waals surface area contributed by atoms with E-state index in [4.69, 9.17) is 0 Å². The maximum absolute atomic E-state index is 3.78. The topological polar surface area (TPSA) is 31.6 Å². The average Bonchev–Trinajstić information content (AvgIpc) is 3.56. The molecule has 1 aliphatic carbocycles. The van der Waals surface area contributed by atoms with E-state index in [9.17, 15) is 0 Å². The highest BCUT2D eigenvalue weighted by atomic mass is 79.9. The number of aromatic amines is 2. The molecule has 2 heterocycles. The molecule has 186 valence electrons. The van der Waals surface area contributed by atoms with Gasteiger partial charge in [-0.1, -0.05) is 119 Å². The van der Waals surface area contributed by atoms with E-state index in [1.807, 2.05) is 0 Å². The molecule has 1 aliphatic rings. The number of halogens is 1. The van der Waals surface area contributed by atoms with E-state index in [2.05, 4.69) is 153 Å². The summed E-state index contributed by atoms with van der Waals surface area (Å²) in [5.41, 5.74) is 9.58. The first kappa shape index (κ1) is 22.6. The van der Waals surface area contributed by atoms with E-state index in [0.717, 1.165) is 10.9 Å². The van der Waals surface area contributed by atoms with Crippen LogP contribution in [0.4, 0.5) is 0 Å². The number of hydrogen-bond donors (Lipinski definition) is 2. The number of hydrogen-bond acceptors (Lipinski definition) is 0. The Morgan fingerprint density at radius 3 is 1.95 bits per heavy atom. The lowest BCUT2D eigenvalue weighted by molar-refractivity contribution is 0.663. The van der Waals surface area contributed by atoms with Crippen LogP contribution in [-0.4, -0.2) is 9.97 Å². The Morgan fingerprint density at radius 1 is 0.590 bits per heavy atom. The van der Waals surface area contributed by atoms with Gasteiger partial charge in [0.2, 0.25) is 0 Å². The van der Waals surface area contributed by atoms with E-state index >= 15 is 0 Å². The monoisotopic (exact) mass is 564 g/mol. The summed E-state index contributed by atoms with van der Waals surface area (Å²) in [6.45, 7) is 0. The molecule has 0 radical (unpaired) electrons. The van der Waals surface area contributed by atoms with E-state index in [0.29, 0.717) is 0 Å². The van der Waals surface area contributed by atoms with Crippen molar-refractivity contribution in [2.24, 2.45) is 0 Å². The van der Waals surface area contributed by atoms with Crippen molar-refractivity contribution < 1.29 is 0 Å². The van der Waals surface area contributed by atoms with Gasteiger partial charge in [0, 0.05) is 48.0 Å². The Balaban J connectivity index is 1.37. The third-order valence-electron chi connectivity index (χ3n) is 8.42.